The lowest BCUT2D eigenvalue weighted by molar-refractivity contribution is 0.403. The molecule has 1 aromatic carbocycles. The van der Waals surface area contributed by atoms with Gasteiger partial charge in [0.1, 0.15) is 11.6 Å². The van der Waals surface area contributed by atoms with Gasteiger partial charge in [-0.3, -0.25) is 4.98 Å². The van der Waals surface area contributed by atoms with Crippen molar-refractivity contribution in [3.63, 3.8) is 0 Å². The van der Waals surface area contributed by atoms with Crippen LogP contribution in [0.1, 0.15) is 17.3 Å². The van der Waals surface area contributed by atoms with Crippen molar-refractivity contribution in [1.29, 1.82) is 0 Å². The topological polar surface area (TPSA) is 34.1 Å². The number of halogens is 3. The molecule has 6 heteroatoms. The molecule has 0 radical (unpaired) electrons. The Kier molecular flexibility index (Phi) is 4.81. The molecular weight excluding hydrogens is 302 g/mol. The Morgan fingerprint density at radius 2 is 2.05 bits per heavy atom. The van der Waals surface area contributed by atoms with E-state index in [2.05, 4.69) is 10.3 Å². The first-order valence-electron chi connectivity index (χ1n) is 5.88. The molecule has 1 N–H and O–H groups in total. The largest absolute Gasteiger partial charge is 0.496 e. The summed E-state index contributed by atoms with van der Waals surface area (Å²) in [5.41, 5.74) is 1.18. The van der Waals surface area contributed by atoms with Gasteiger partial charge in [-0.15, -0.1) is 0 Å². The third kappa shape index (κ3) is 3.03. The Morgan fingerprint density at radius 1 is 1.30 bits per heavy atom. The highest BCUT2D eigenvalue weighted by Gasteiger charge is 2.21. The smallest absolute Gasteiger partial charge is 0.124 e. The van der Waals surface area contributed by atoms with Gasteiger partial charge >= 0.3 is 0 Å². The Hall–Kier alpha value is -1.36. The first-order valence-corrected chi connectivity index (χ1v) is 6.64. The summed E-state index contributed by atoms with van der Waals surface area (Å²) >= 11 is 12.0. The number of nitrogens with one attached hydrogen (secondary N) is 1. The predicted octanol–water partition coefficient (Wildman–Crippen LogP) is 3.84. The molecule has 20 heavy (non-hydrogen) atoms. The summed E-state index contributed by atoms with van der Waals surface area (Å²) in [5, 5.41) is 3.91. The van der Waals surface area contributed by atoms with Crippen molar-refractivity contribution in [2.45, 2.75) is 6.04 Å². The van der Waals surface area contributed by atoms with Gasteiger partial charge in [0.25, 0.3) is 0 Å². The fraction of sp³-hybridized carbons (Fsp3) is 0.214. The van der Waals surface area contributed by atoms with Crippen molar-refractivity contribution in [2.24, 2.45) is 0 Å². The summed E-state index contributed by atoms with van der Waals surface area (Å²) in [5.74, 6) is 0.199. The minimum Gasteiger partial charge on any atom is -0.496 e. The summed E-state index contributed by atoms with van der Waals surface area (Å²) in [6.07, 6.45) is 1.50. The highest BCUT2D eigenvalue weighted by atomic mass is 35.5. The van der Waals surface area contributed by atoms with Crippen LogP contribution in [0.5, 0.6) is 5.75 Å². The van der Waals surface area contributed by atoms with E-state index in [1.807, 2.05) is 0 Å². The normalized spacial score (nSPS) is 12.2. The lowest BCUT2D eigenvalue weighted by atomic mass is 10.0. The predicted molar refractivity (Wildman–Crippen MR) is 78.1 cm³/mol. The monoisotopic (exact) mass is 314 g/mol. The van der Waals surface area contributed by atoms with Crippen LogP contribution in [-0.2, 0) is 0 Å². The second-order valence-electron chi connectivity index (χ2n) is 4.13. The molecule has 0 aliphatic rings. The van der Waals surface area contributed by atoms with Crippen molar-refractivity contribution in [3.05, 3.63) is 57.6 Å². The zero-order chi connectivity index (χ0) is 14.7. The van der Waals surface area contributed by atoms with E-state index in [4.69, 9.17) is 27.9 Å². The van der Waals surface area contributed by atoms with Crippen LogP contribution in [0.2, 0.25) is 10.0 Å². The van der Waals surface area contributed by atoms with E-state index in [-0.39, 0.29) is 5.82 Å². The zero-order valence-electron chi connectivity index (χ0n) is 11.0. The maximum atomic E-state index is 13.5. The van der Waals surface area contributed by atoms with Crippen molar-refractivity contribution in [1.82, 2.24) is 10.3 Å². The average Bonchev–Trinajstić information content (AvgIpc) is 2.42. The van der Waals surface area contributed by atoms with E-state index in [1.165, 1.54) is 25.4 Å². The highest BCUT2D eigenvalue weighted by Crippen LogP contribution is 2.33. The lowest BCUT2D eigenvalue weighted by Crippen LogP contribution is -2.20. The van der Waals surface area contributed by atoms with Crippen molar-refractivity contribution in [2.75, 3.05) is 14.2 Å². The summed E-state index contributed by atoms with van der Waals surface area (Å²) in [6, 6.07) is 5.50. The molecular formula is C14H13Cl2FN2O. The van der Waals surface area contributed by atoms with Gasteiger partial charge in [0.15, 0.2) is 0 Å². The quantitative estimate of drug-likeness (QED) is 0.931. The van der Waals surface area contributed by atoms with Gasteiger partial charge in [0.2, 0.25) is 0 Å². The third-order valence-electron chi connectivity index (χ3n) is 2.90. The molecule has 1 aromatic heterocycles. The molecule has 1 unspecified atom stereocenters. The molecule has 2 aromatic rings. The standard InChI is InChI=1S/C14H13Cl2FN2O/c1-18-13(14-11(16)5-8(15)7-19-14)10-6-9(17)3-4-12(10)20-2/h3-7,13,18H,1-2H3. The van der Waals surface area contributed by atoms with Crippen LogP contribution in [0.25, 0.3) is 0 Å². The lowest BCUT2D eigenvalue weighted by Gasteiger charge is -2.20. The summed E-state index contributed by atoms with van der Waals surface area (Å²) < 4.78 is 18.8. The van der Waals surface area contributed by atoms with E-state index in [9.17, 15) is 4.39 Å². The third-order valence-corrected chi connectivity index (χ3v) is 3.41. The summed E-state index contributed by atoms with van der Waals surface area (Å²) in [7, 11) is 3.27. The number of hydrogen-bond acceptors (Lipinski definition) is 3. The number of methoxy groups -OCH3 is 1. The second-order valence-corrected chi connectivity index (χ2v) is 4.97. The first kappa shape index (κ1) is 15.0. The molecule has 0 aliphatic heterocycles. The Labute approximate surface area is 126 Å². The SMILES string of the molecule is CNC(c1cc(F)ccc1OC)c1ncc(Cl)cc1Cl. The second kappa shape index (κ2) is 6.39. The van der Waals surface area contributed by atoms with Gasteiger partial charge in [-0.25, -0.2) is 4.39 Å². The molecule has 0 saturated carbocycles. The minimum absolute atomic E-state index is 0.355. The molecule has 2 rings (SSSR count). The summed E-state index contributed by atoms with van der Waals surface area (Å²) in [4.78, 5) is 4.23. The van der Waals surface area contributed by atoms with Crippen molar-refractivity contribution >= 4 is 23.2 Å². The molecule has 3 nitrogen and oxygen atoms in total. The van der Waals surface area contributed by atoms with Crippen LogP contribution < -0.4 is 10.1 Å². The Balaban J connectivity index is 2.54. The molecule has 1 atom stereocenters. The average molecular weight is 315 g/mol. The Bertz CT molecular complexity index is 622. The number of hydrogen-bond donors (Lipinski definition) is 1. The Morgan fingerprint density at radius 3 is 2.65 bits per heavy atom. The maximum absolute atomic E-state index is 13.5. The van der Waals surface area contributed by atoms with Gasteiger partial charge in [-0.2, -0.15) is 0 Å². The van der Waals surface area contributed by atoms with E-state index >= 15 is 0 Å². The number of pyridine rings is 1. The number of ether oxygens (including phenoxy) is 1. The molecule has 0 amide bonds. The van der Waals surface area contributed by atoms with E-state index in [0.717, 1.165) is 0 Å². The fourth-order valence-electron chi connectivity index (χ4n) is 2.01. The van der Waals surface area contributed by atoms with Crippen LogP contribution in [0, 0.1) is 5.82 Å². The van der Waals surface area contributed by atoms with Crippen LogP contribution in [0.15, 0.2) is 30.5 Å². The van der Waals surface area contributed by atoms with Crippen molar-refractivity contribution < 1.29 is 9.13 Å². The molecule has 0 saturated heterocycles. The van der Waals surface area contributed by atoms with Gasteiger partial charge < -0.3 is 10.1 Å². The maximum Gasteiger partial charge on any atom is 0.124 e. The van der Waals surface area contributed by atoms with Gasteiger partial charge in [0.05, 0.1) is 28.9 Å². The van der Waals surface area contributed by atoms with Crippen LogP contribution in [0.3, 0.4) is 0 Å². The number of aromatic nitrogens is 1. The molecule has 0 spiro atoms. The van der Waals surface area contributed by atoms with E-state index in [1.54, 1.807) is 19.2 Å². The molecule has 1 heterocycles. The number of nitrogens with zero attached hydrogens (tertiary/aromatic N) is 1. The first-order chi connectivity index (χ1) is 9.56. The van der Waals surface area contributed by atoms with Crippen LogP contribution in [-0.4, -0.2) is 19.1 Å². The van der Waals surface area contributed by atoms with E-state index < -0.39 is 6.04 Å². The molecule has 106 valence electrons. The van der Waals surface area contributed by atoms with E-state index in [0.29, 0.717) is 27.1 Å². The van der Waals surface area contributed by atoms with Gasteiger partial charge in [-0.05, 0) is 31.3 Å². The number of rotatable bonds is 4. The van der Waals surface area contributed by atoms with Crippen LogP contribution >= 0.6 is 23.2 Å². The minimum atomic E-state index is -0.398. The molecule has 0 aliphatic carbocycles. The zero-order valence-corrected chi connectivity index (χ0v) is 12.5. The van der Waals surface area contributed by atoms with Crippen molar-refractivity contribution in [3.8, 4) is 5.75 Å². The van der Waals surface area contributed by atoms with Crippen LogP contribution in [0.4, 0.5) is 4.39 Å². The highest BCUT2D eigenvalue weighted by molar-refractivity contribution is 6.34. The van der Waals surface area contributed by atoms with Gasteiger partial charge in [0, 0.05) is 11.8 Å². The molecule has 0 fully saturated rings. The fourth-order valence-corrected chi connectivity index (χ4v) is 2.50. The van der Waals surface area contributed by atoms with Gasteiger partial charge in [-0.1, -0.05) is 23.2 Å². The number of benzene rings is 1. The summed E-state index contributed by atoms with van der Waals surface area (Å²) in [6.45, 7) is 0. The molecule has 0 bridgehead atoms.